The van der Waals surface area contributed by atoms with Crippen LogP contribution < -0.4 is 16.4 Å². The topological polar surface area (TPSA) is 75.9 Å². The first-order valence-electron chi connectivity index (χ1n) is 7.19. The molecule has 0 saturated heterocycles. The van der Waals surface area contributed by atoms with Crippen LogP contribution in [0.4, 0.5) is 28.7 Å². The summed E-state index contributed by atoms with van der Waals surface area (Å²) >= 11 is 8.32. The Balaban J connectivity index is 1.88. The van der Waals surface area contributed by atoms with E-state index in [0.29, 0.717) is 22.3 Å². The van der Waals surface area contributed by atoms with Crippen molar-refractivity contribution in [3.8, 4) is 0 Å². The van der Waals surface area contributed by atoms with Crippen molar-refractivity contribution in [2.75, 3.05) is 16.4 Å². The molecular formula is C17H15ClIN5. The molecule has 0 saturated carbocycles. The van der Waals surface area contributed by atoms with Crippen LogP contribution in [0.1, 0.15) is 5.56 Å². The SMILES string of the molecule is Cc1ccc(Cl)cc1Nc1ncnc(Nc2ccc(I)cc2)c1N. The van der Waals surface area contributed by atoms with Crippen molar-refractivity contribution in [1.29, 1.82) is 0 Å². The van der Waals surface area contributed by atoms with E-state index >= 15 is 0 Å². The van der Waals surface area contributed by atoms with Crippen LogP contribution in [0.15, 0.2) is 48.8 Å². The third kappa shape index (κ3) is 3.88. The Hall–Kier alpha value is -2.06. The summed E-state index contributed by atoms with van der Waals surface area (Å²) < 4.78 is 1.16. The van der Waals surface area contributed by atoms with Gasteiger partial charge in [-0.3, -0.25) is 0 Å². The number of nitrogens with one attached hydrogen (secondary N) is 2. The summed E-state index contributed by atoms with van der Waals surface area (Å²) in [6, 6.07) is 13.6. The molecule has 0 radical (unpaired) electrons. The number of nitrogens with zero attached hydrogens (tertiary/aromatic N) is 2. The van der Waals surface area contributed by atoms with E-state index in [2.05, 4.69) is 43.2 Å². The fraction of sp³-hybridized carbons (Fsp3) is 0.0588. The van der Waals surface area contributed by atoms with Crippen LogP contribution in [0.3, 0.4) is 0 Å². The van der Waals surface area contributed by atoms with E-state index in [-0.39, 0.29) is 0 Å². The number of hydrogen-bond acceptors (Lipinski definition) is 5. The molecule has 3 rings (SSSR count). The number of halogens is 2. The van der Waals surface area contributed by atoms with E-state index in [1.165, 1.54) is 6.33 Å². The maximum atomic E-state index is 6.21. The molecule has 122 valence electrons. The van der Waals surface area contributed by atoms with Crippen LogP contribution in [0.25, 0.3) is 0 Å². The van der Waals surface area contributed by atoms with Gasteiger partial charge in [0.1, 0.15) is 12.0 Å². The first-order valence-corrected chi connectivity index (χ1v) is 8.65. The first kappa shape index (κ1) is 16.8. The zero-order chi connectivity index (χ0) is 17.1. The Morgan fingerprint density at radius 3 is 2.38 bits per heavy atom. The van der Waals surface area contributed by atoms with Crippen molar-refractivity contribution in [2.45, 2.75) is 6.92 Å². The highest BCUT2D eigenvalue weighted by Gasteiger charge is 2.10. The van der Waals surface area contributed by atoms with E-state index in [1.54, 1.807) is 0 Å². The lowest BCUT2D eigenvalue weighted by atomic mass is 10.2. The quantitative estimate of drug-likeness (QED) is 0.481. The fourth-order valence-corrected chi connectivity index (χ4v) is 2.65. The van der Waals surface area contributed by atoms with Gasteiger partial charge in [0.2, 0.25) is 0 Å². The molecule has 4 N–H and O–H groups in total. The Kier molecular flexibility index (Phi) is 5.06. The number of aromatic nitrogens is 2. The zero-order valence-corrected chi connectivity index (χ0v) is 15.8. The maximum absolute atomic E-state index is 6.21. The van der Waals surface area contributed by atoms with Crippen molar-refractivity contribution in [2.24, 2.45) is 0 Å². The lowest BCUT2D eigenvalue weighted by molar-refractivity contribution is 1.17. The molecule has 24 heavy (non-hydrogen) atoms. The molecule has 0 aliphatic carbocycles. The molecule has 0 aliphatic rings. The van der Waals surface area contributed by atoms with Crippen LogP contribution in [-0.4, -0.2) is 9.97 Å². The third-order valence-electron chi connectivity index (χ3n) is 3.44. The lowest BCUT2D eigenvalue weighted by Crippen LogP contribution is -2.05. The lowest BCUT2D eigenvalue weighted by Gasteiger charge is -2.14. The highest BCUT2D eigenvalue weighted by molar-refractivity contribution is 14.1. The molecule has 3 aromatic rings. The number of benzene rings is 2. The Bertz CT molecular complexity index is 867. The van der Waals surface area contributed by atoms with Crippen molar-refractivity contribution in [3.05, 3.63) is 62.9 Å². The second-order valence-electron chi connectivity index (χ2n) is 5.20. The molecule has 0 aliphatic heterocycles. The fourth-order valence-electron chi connectivity index (χ4n) is 2.12. The summed E-state index contributed by atoms with van der Waals surface area (Å²) in [5, 5.41) is 7.07. The van der Waals surface area contributed by atoms with Gasteiger partial charge < -0.3 is 16.4 Å². The number of nitrogen functional groups attached to an aromatic ring is 1. The van der Waals surface area contributed by atoms with Gasteiger partial charge in [0.05, 0.1) is 0 Å². The molecule has 7 heteroatoms. The molecule has 2 aromatic carbocycles. The Labute approximate surface area is 158 Å². The van der Waals surface area contributed by atoms with Gasteiger partial charge in [0.15, 0.2) is 11.6 Å². The first-order chi connectivity index (χ1) is 11.5. The van der Waals surface area contributed by atoms with Gasteiger partial charge in [-0.2, -0.15) is 0 Å². The van der Waals surface area contributed by atoms with Crippen molar-refractivity contribution in [3.63, 3.8) is 0 Å². The largest absolute Gasteiger partial charge is 0.393 e. The Morgan fingerprint density at radius 1 is 1.00 bits per heavy atom. The normalized spacial score (nSPS) is 10.5. The number of hydrogen-bond donors (Lipinski definition) is 3. The molecule has 0 unspecified atom stereocenters. The van der Waals surface area contributed by atoms with Gasteiger partial charge in [-0.15, -0.1) is 0 Å². The van der Waals surface area contributed by atoms with Crippen molar-refractivity contribution < 1.29 is 0 Å². The van der Waals surface area contributed by atoms with E-state index in [9.17, 15) is 0 Å². The number of anilines is 5. The molecular weight excluding hydrogens is 437 g/mol. The van der Waals surface area contributed by atoms with E-state index in [0.717, 1.165) is 20.5 Å². The zero-order valence-electron chi connectivity index (χ0n) is 12.8. The minimum atomic E-state index is 0.440. The minimum Gasteiger partial charge on any atom is -0.393 e. The van der Waals surface area contributed by atoms with Gasteiger partial charge in [-0.1, -0.05) is 17.7 Å². The van der Waals surface area contributed by atoms with Crippen LogP contribution in [0, 0.1) is 10.5 Å². The number of rotatable bonds is 4. The summed E-state index contributed by atoms with van der Waals surface area (Å²) in [7, 11) is 0. The van der Waals surface area contributed by atoms with Gasteiger partial charge >= 0.3 is 0 Å². The summed E-state index contributed by atoms with van der Waals surface area (Å²) in [6.07, 6.45) is 1.47. The van der Waals surface area contributed by atoms with E-state index < -0.39 is 0 Å². The monoisotopic (exact) mass is 451 g/mol. The smallest absolute Gasteiger partial charge is 0.159 e. The highest BCUT2D eigenvalue weighted by Crippen LogP contribution is 2.30. The van der Waals surface area contributed by atoms with Crippen LogP contribution in [-0.2, 0) is 0 Å². The van der Waals surface area contributed by atoms with Gasteiger partial charge in [0.25, 0.3) is 0 Å². The number of aryl methyl sites for hydroxylation is 1. The second kappa shape index (κ2) is 7.23. The third-order valence-corrected chi connectivity index (χ3v) is 4.40. The number of nitrogens with two attached hydrogens (primary N) is 1. The predicted molar refractivity (Wildman–Crippen MR) is 108 cm³/mol. The summed E-state index contributed by atoms with van der Waals surface area (Å²) in [4.78, 5) is 8.45. The van der Waals surface area contributed by atoms with Crippen LogP contribution in [0.5, 0.6) is 0 Å². The standard InChI is InChI=1S/C17H15ClIN5/c1-10-2-3-11(18)8-14(10)24-17-15(20)16(21-9-22-17)23-13-6-4-12(19)5-7-13/h2-9H,20H2,1H3,(H2,21,22,23,24). The minimum absolute atomic E-state index is 0.440. The second-order valence-corrected chi connectivity index (χ2v) is 6.88. The molecule has 0 atom stereocenters. The molecule has 0 fully saturated rings. The van der Waals surface area contributed by atoms with E-state index in [4.69, 9.17) is 17.3 Å². The van der Waals surface area contributed by atoms with Gasteiger partial charge in [0, 0.05) is 20.0 Å². The molecule has 0 amide bonds. The molecule has 0 spiro atoms. The highest BCUT2D eigenvalue weighted by atomic mass is 127. The average Bonchev–Trinajstić information content (AvgIpc) is 2.56. The Morgan fingerprint density at radius 2 is 1.67 bits per heavy atom. The van der Waals surface area contributed by atoms with Crippen molar-refractivity contribution in [1.82, 2.24) is 9.97 Å². The maximum Gasteiger partial charge on any atom is 0.159 e. The van der Waals surface area contributed by atoms with Gasteiger partial charge in [-0.05, 0) is 71.5 Å². The molecule has 1 heterocycles. The molecule has 0 bridgehead atoms. The van der Waals surface area contributed by atoms with Crippen LogP contribution in [0.2, 0.25) is 5.02 Å². The predicted octanol–water partition coefficient (Wildman–Crippen LogP) is 5.11. The average molecular weight is 452 g/mol. The molecule has 1 aromatic heterocycles. The van der Waals surface area contributed by atoms with Gasteiger partial charge in [-0.25, -0.2) is 9.97 Å². The molecule has 5 nitrogen and oxygen atoms in total. The summed E-state index contributed by atoms with van der Waals surface area (Å²) in [5.74, 6) is 1.08. The van der Waals surface area contributed by atoms with Crippen LogP contribution >= 0.6 is 34.2 Å². The summed E-state index contributed by atoms with van der Waals surface area (Å²) in [6.45, 7) is 1.99. The van der Waals surface area contributed by atoms with E-state index in [1.807, 2.05) is 49.4 Å². The summed E-state index contributed by atoms with van der Waals surface area (Å²) in [5.41, 5.74) is 9.46. The van der Waals surface area contributed by atoms with Crippen molar-refractivity contribution >= 4 is 62.9 Å².